The average molecular weight is 385 g/mol. The van der Waals surface area contributed by atoms with E-state index < -0.39 is 5.97 Å². The number of carbonyl (C=O) groups is 2. The van der Waals surface area contributed by atoms with Gasteiger partial charge in [-0.2, -0.15) is 4.98 Å². The summed E-state index contributed by atoms with van der Waals surface area (Å²) in [4.78, 5) is 33.1. The van der Waals surface area contributed by atoms with Crippen LogP contribution in [0.15, 0.2) is 12.1 Å². The van der Waals surface area contributed by atoms with Crippen molar-refractivity contribution in [1.29, 1.82) is 0 Å². The Bertz CT molecular complexity index is 1050. The number of rotatable bonds is 7. The van der Waals surface area contributed by atoms with Crippen molar-refractivity contribution >= 4 is 17.5 Å². The highest BCUT2D eigenvalue weighted by molar-refractivity contribution is 6.00. The van der Waals surface area contributed by atoms with Crippen LogP contribution in [0.5, 0.6) is 0 Å². The first-order valence-electron chi connectivity index (χ1n) is 8.88. The molecule has 0 saturated carbocycles. The van der Waals surface area contributed by atoms with E-state index in [0.29, 0.717) is 24.5 Å². The van der Waals surface area contributed by atoms with E-state index in [4.69, 9.17) is 9.47 Å². The minimum atomic E-state index is -0.760. The Morgan fingerprint density at radius 2 is 1.82 bits per heavy atom. The van der Waals surface area contributed by atoms with Gasteiger partial charge in [-0.1, -0.05) is 0 Å². The number of esters is 1. The topological polar surface area (TPSA) is 101 Å². The molecule has 0 unspecified atom stereocenters. The van der Waals surface area contributed by atoms with Crippen molar-refractivity contribution in [3.8, 4) is 0 Å². The maximum absolute atomic E-state index is 12.5. The molecule has 0 atom stereocenters. The summed E-state index contributed by atoms with van der Waals surface area (Å²) < 4.78 is 13.7. The Labute approximate surface area is 162 Å². The summed E-state index contributed by atoms with van der Waals surface area (Å²) in [5.41, 5.74) is 3.86. The first-order valence-corrected chi connectivity index (χ1v) is 8.88. The fourth-order valence-electron chi connectivity index (χ4n) is 3.14. The van der Waals surface area contributed by atoms with Gasteiger partial charge >= 0.3 is 5.97 Å². The normalized spacial score (nSPS) is 11.2. The van der Waals surface area contributed by atoms with E-state index in [-0.39, 0.29) is 18.2 Å². The third-order valence-corrected chi connectivity index (χ3v) is 4.53. The van der Waals surface area contributed by atoms with Gasteiger partial charge in [-0.25, -0.2) is 14.3 Å². The Balaban J connectivity index is 1.71. The minimum Gasteiger partial charge on any atom is -0.451 e. The molecule has 3 aromatic heterocycles. The van der Waals surface area contributed by atoms with Gasteiger partial charge in [0.15, 0.2) is 6.61 Å². The summed E-state index contributed by atoms with van der Waals surface area (Å²) in [7, 11) is 1.63. The molecule has 0 spiro atoms. The lowest BCUT2D eigenvalue weighted by atomic mass is 10.1. The largest absolute Gasteiger partial charge is 0.451 e. The van der Waals surface area contributed by atoms with E-state index in [0.717, 1.165) is 22.8 Å². The number of fused-ring (bicyclic) bond motifs is 1. The molecule has 28 heavy (non-hydrogen) atoms. The van der Waals surface area contributed by atoms with Crippen LogP contribution in [-0.4, -0.2) is 56.2 Å². The van der Waals surface area contributed by atoms with Crippen molar-refractivity contribution in [2.45, 2.75) is 34.2 Å². The van der Waals surface area contributed by atoms with Gasteiger partial charge in [-0.3, -0.25) is 4.79 Å². The van der Waals surface area contributed by atoms with E-state index in [2.05, 4.69) is 15.1 Å². The second-order valence-corrected chi connectivity index (χ2v) is 6.61. The Kier molecular flexibility index (Phi) is 5.55. The molecular formula is C19H23N5O4. The first kappa shape index (κ1) is 19.7. The molecule has 0 amide bonds. The lowest BCUT2D eigenvalue weighted by Crippen LogP contribution is -2.16. The molecular weight excluding hydrogens is 362 g/mol. The monoisotopic (exact) mass is 385 g/mol. The maximum Gasteiger partial charge on any atom is 0.378 e. The van der Waals surface area contributed by atoms with Gasteiger partial charge in [0.2, 0.25) is 5.78 Å². The summed E-state index contributed by atoms with van der Waals surface area (Å²) in [6, 6.07) is 3.63. The zero-order chi connectivity index (χ0) is 20.4. The molecule has 9 nitrogen and oxygen atoms in total. The molecule has 3 heterocycles. The molecule has 148 valence electrons. The van der Waals surface area contributed by atoms with Crippen LogP contribution < -0.4 is 0 Å². The number of Topliss-reactive ketones (excluding diaryl/α,β-unsaturated/α-hetero) is 1. The van der Waals surface area contributed by atoms with Crippen molar-refractivity contribution in [3.63, 3.8) is 0 Å². The van der Waals surface area contributed by atoms with Crippen LogP contribution in [-0.2, 0) is 16.0 Å². The number of carbonyl (C=O) groups excluding carboxylic acids is 2. The molecule has 0 bridgehead atoms. The van der Waals surface area contributed by atoms with Crippen LogP contribution >= 0.6 is 0 Å². The summed E-state index contributed by atoms with van der Waals surface area (Å²) in [5.74, 6) is -0.847. The molecule has 0 fully saturated rings. The van der Waals surface area contributed by atoms with Gasteiger partial charge in [0.1, 0.15) is 0 Å². The highest BCUT2D eigenvalue weighted by Crippen LogP contribution is 2.16. The number of hydrogen-bond donors (Lipinski definition) is 0. The second kappa shape index (κ2) is 7.89. The van der Waals surface area contributed by atoms with E-state index in [1.807, 2.05) is 38.3 Å². The van der Waals surface area contributed by atoms with Crippen LogP contribution in [0.4, 0.5) is 0 Å². The zero-order valence-electron chi connectivity index (χ0n) is 16.6. The van der Waals surface area contributed by atoms with E-state index in [1.165, 1.54) is 4.52 Å². The number of methoxy groups -OCH3 is 1. The molecule has 0 saturated heterocycles. The number of aryl methyl sites for hydroxylation is 3. The highest BCUT2D eigenvalue weighted by atomic mass is 16.5. The average Bonchev–Trinajstić information content (AvgIpc) is 3.19. The van der Waals surface area contributed by atoms with Crippen LogP contribution in [0, 0.1) is 27.7 Å². The van der Waals surface area contributed by atoms with Crippen LogP contribution in [0.1, 0.15) is 43.8 Å². The number of ketones is 1. The minimum absolute atomic E-state index is 0.125. The zero-order valence-corrected chi connectivity index (χ0v) is 16.6. The summed E-state index contributed by atoms with van der Waals surface area (Å²) in [5, 5.41) is 4.11. The SMILES string of the molecule is COCCn1c(C)cc(C(=O)COC(=O)c2nc3nc(C)cc(C)n3n2)c1C. The van der Waals surface area contributed by atoms with Gasteiger partial charge < -0.3 is 14.0 Å². The number of ether oxygens (including phenoxy) is 2. The third kappa shape index (κ3) is 3.79. The maximum atomic E-state index is 12.5. The van der Waals surface area contributed by atoms with Crippen molar-refractivity contribution in [1.82, 2.24) is 24.1 Å². The van der Waals surface area contributed by atoms with Gasteiger partial charge in [-0.05, 0) is 39.8 Å². The quantitative estimate of drug-likeness (QED) is 0.452. The number of aromatic nitrogens is 5. The van der Waals surface area contributed by atoms with Crippen molar-refractivity contribution in [3.05, 3.63) is 46.3 Å². The third-order valence-electron chi connectivity index (χ3n) is 4.53. The fourth-order valence-corrected chi connectivity index (χ4v) is 3.14. The molecule has 9 heteroatoms. The number of nitrogens with zero attached hydrogens (tertiary/aromatic N) is 5. The standard InChI is InChI=1S/C19H23N5O4/c1-11-8-13(3)24-19(20-11)21-17(22-24)18(26)28-10-16(25)15-9-12(2)23(14(15)4)6-7-27-5/h8-9H,6-7,10H2,1-5H3. The van der Waals surface area contributed by atoms with Gasteiger partial charge in [-0.15, -0.1) is 5.10 Å². The smallest absolute Gasteiger partial charge is 0.378 e. The summed E-state index contributed by atoms with van der Waals surface area (Å²) in [6.07, 6.45) is 0. The predicted molar refractivity (Wildman–Crippen MR) is 101 cm³/mol. The summed E-state index contributed by atoms with van der Waals surface area (Å²) >= 11 is 0. The van der Waals surface area contributed by atoms with Crippen LogP contribution in [0.2, 0.25) is 0 Å². The van der Waals surface area contributed by atoms with Crippen LogP contribution in [0.25, 0.3) is 5.78 Å². The van der Waals surface area contributed by atoms with Gasteiger partial charge in [0.05, 0.1) is 6.61 Å². The molecule has 0 aromatic carbocycles. The lowest BCUT2D eigenvalue weighted by Gasteiger charge is -2.08. The molecule has 3 rings (SSSR count). The molecule has 0 aliphatic heterocycles. The Morgan fingerprint density at radius 1 is 1.07 bits per heavy atom. The Hall–Kier alpha value is -3.07. The molecule has 0 aliphatic rings. The van der Waals surface area contributed by atoms with E-state index >= 15 is 0 Å². The van der Waals surface area contributed by atoms with Crippen molar-refractivity contribution in [2.75, 3.05) is 20.3 Å². The van der Waals surface area contributed by atoms with Crippen molar-refractivity contribution in [2.24, 2.45) is 0 Å². The lowest BCUT2D eigenvalue weighted by molar-refractivity contribution is 0.0462. The highest BCUT2D eigenvalue weighted by Gasteiger charge is 2.20. The fraction of sp³-hybridized carbons (Fsp3) is 0.421. The summed E-state index contributed by atoms with van der Waals surface area (Å²) in [6.45, 7) is 8.27. The van der Waals surface area contributed by atoms with E-state index in [1.54, 1.807) is 13.2 Å². The molecule has 0 N–H and O–H groups in total. The predicted octanol–water partition coefficient (Wildman–Crippen LogP) is 1.85. The molecule has 0 aliphatic carbocycles. The van der Waals surface area contributed by atoms with Gasteiger partial charge in [0.25, 0.3) is 11.6 Å². The first-order chi connectivity index (χ1) is 13.3. The van der Waals surface area contributed by atoms with Crippen LogP contribution in [0.3, 0.4) is 0 Å². The Morgan fingerprint density at radius 3 is 2.54 bits per heavy atom. The molecule has 3 aromatic rings. The van der Waals surface area contributed by atoms with Crippen molar-refractivity contribution < 1.29 is 19.1 Å². The second-order valence-electron chi connectivity index (χ2n) is 6.61. The van der Waals surface area contributed by atoms with E-state index in [9.17, 15) is 9.59 Å². The molecule has 0 radical (unpaired) electrons. The van der Waals surface area contributed by atoms with Gasteiger partial charge in [0, 0.05) is 42.0 Å². The number of hydrogen-bond acceptors (Lipinski definition) is 7.